The van der Waals surface area contributed by atoms with Gasteiger partial charge >= 0.3 is 0 Å². The summed E-state index contributed by atoms with van der Waals surface area (Å²) in [6, 6.07) is 0.554. The summed E-state index contributed by atoms with van der Waals surface area (Å²) in [7, 11) is 0. The third-order valence-corrected chi connectivity index (χ3v) is 7.91. The van der Waals surface area contributed by atoms with Crippen molar-refractivity contribution in [3.05, 3.63) is 0 Å². The van der Waals surface area contributed by atoms with Crippen molar-refractivity contribution < 1.29 is 9.90 Å². The first-order valence-corrected chi connectivity index (χ1v) is 10.5. The van der Waals surface area contributed by atoms with Gasteiger partial charge in [-0.1, -0.05) is 13.3 Å². The van der Waals surface area contributed by atoms with E-state index in [1.807, 2.05) is 0 Å². The van der Waals surface area contributed by atoms with Crippen LogP contribution in [0.4, 0.5) is 0 Å². The lowest BCUT2D eigenvalue weighted by Crippen LogP contribution is -2.64. The molecule has 1 heterocycles. The maximum atomic E-state index is 13.7. The largest absolute Gasteiger partial charge is 0.390 e. The molecule has 0 spiro atoms. The number of hydrogen-bond donors (Lipinski definition) is 1. The van der Waals surface area contributed by atoms with Crippen LogP contribution >= 0.6 is 0 Å². The van der Waals surface area contributed by atoms with E-state index in [0.717, 1.165) is 71.1 Å². The molecule has 5 aliphatic rings. The first-order valence-electron chi connectivity index (χ1n) is 10.5. The highest BCUT2D eigenvalue weighted by Gasteiger charge is 2.65. The van der Waals surface area contributed by atoms with Crippen molar-refractivity contribution >= 4 is 5.91 Å². The SMILES string of the molecule is CCC12CC3CC(O)(C1)CC(C(=O)N1CCCN(C(C)C)CC1)(C3)C2. The van der Waals surface area contributed by atoms with E-state index < -0.39 is 5.60 Å². The normalized spacial score (nSPS) is 44.4. The van der Waals surface area contributed by atoms with Gasteiger partial charge in [0.05, 0.1) is 11.0 Å². The van der Waals surface area contributed by atoms with Crippen LogP contribution in [0, 0.1) is 16.7 Å². The minimum absolute atomic E-state index is 0.222. The third kappa shape index (κ3) is 2.93. The third-order valence-electron chi connectivity index (χ3n) is 7.91. The molecular weight excluding hydrogens is 312 g/mol. The molecule has 25 heavy (non-hydrogen) atoms. The Hall–Kier alpha value is -0.610. The van der Waals surface area contributed by atoms with Gasteiger partial charge < -0.3 is 10.0 Å². The fourth-order valence-corrected chi connectivity index (χ4v) is 7.21. The second kappa shape index (κ2) is 5.95. The van der Waals surface area contributed by atoms with Gasteiger partial charge in [0.2, 0.25) is 5.91 Å². The maximum Gasteiger partial charge on any atom is 0.228 e. The Morgan fingerprint density at radius 1 is 1.08 bits per heavy atom. The van der Waals surface area contributed by atoms with Crippen molar-refractivity contribution in [1.29, 1.82) is 0 Å². The van der Waals surface area contributed by atoms with Gasteiger partial charge in [0, 0.05) is 32.2 Å². The molecule has 1 saturated heterocycles. The number of carbonyl (C=O) groups excluding carboxylic acids is 1. The van der Waals surface area contributed by atoms with Crippen molar-refractivity contribution in [3.8, 4) is 0 Å². The smallest absolute Gasteiger partial charge is 0.228 e. The number of hydrogen-bond acceptors (Lipinski definition) is 3. The van der Waals surface area contributed by atoms with Crippen molar-refractivity contribution in [2.24, 2.45) is 16.7 Å². The summed E-state index contributed by atoms with van der Waals surface area (Å²) in [4.78, 5) is 18.3. The summed E-state index contributed by atoms with van der Waals surface area (Å²) >= 11 is 0. The van der Waals surface area contributed by atoms with E-state index in [9.17, 15) is 9.90 Å². The van der Waals surface area contributed by atoms with Gasteiger partial charge in [-0.15, -0.1) is 0 Å². The monoisotopic (exact) mass is 348 g/mol. The number of amides is 1. The van der Waals surface area contributed by atoms with Crippen molar-refractivity contribution in [1.82, 2.24) is 9.80 Å². The van der Waals surface area contributed by atoms with Crippen LogP contribution in [0.5, 0.6) is 0 Å². The Morgan fingerprint density at radius 3 is 2.56 bits per heavy atom. The lowest BCUT2D eigenvalue weighted by atomic mass is 9.42. The quantitative estimate of drug-likeness (QED) is 0.852. The molecule has 1 aliphatic heterocycles. The minimum atomic E-state index is -0.569. The van der Waals surface area contributed by atoms with Crippen LogP contribution < -0.4 is 0 Å². The second-order valence-electron chi connectivity index (χ2n) is 10.1. The summed E-state index contributed by atoms with van der Waals surface area (Å²) in [6.07, 6.45) is 8.07. The van der Waals surface area contributed by atoms with Crippen LogP contribution in [0.3, 0.4) is 0 Å². The van der Waals surface area contributed by atoms with E-state index in [2.05, 4.69) is 30.6 Å². The standard InChI is InChI=1S/C21H36N2O2/c1-4-19-10-17-11-20(13-19,15-21(25,12-17)14-19)18(24)23-7-5-6-22(8-9-23)16(2)3/h16-17,25H,4-15H2,1-3H3. The lowest BCUT2D eigenvalue weighted by molar-refractivity contribution is -0.209. The molecule has 142 valence electrons. The van der Waals surface area contributed by atoms with E-state index in [1.165, 1.54) is 6.42 Å². The highest BCUT2D eigenvalue weighted by molar-refractivity contribution is 5.83. The molecule has 0 aromatic carbocycles. The van der Waals surface area contributed by atoms with Crippen LogP contribution in [0.25, 0.3) is 0 Å². The van der Waals surface area contributed by atoms with E-state index in [-0.39, 0.29) is 10.8 Å². The molecule has 1 amide bonds. The van der Waals surface area contributed by atoms with Crippen LogP contribution in [-0.4, -0.2) is 58.6 Å². The first-order chi connectivity index (χ1) is 11.8. The Morgan fingerprint density at radius 2 is 1.88 bits per heavy atom. The van der Waals surface area contributed by atoms with Gasteiger partial charge in [-0.3, -0.25) is 9.69 Å². The van der Waals surface area contributed by atoms with Gasteiger partial charge in [0.15, 0.2) is 0 Å². The van der Waals surface area contributed by atoms with E-state index in [4.69, 9.17) is 0 Å². The molecular formula is C21H36N2O2. The van der Waals surface area contributed by atoms with E-state index in [1.54, 1.807) is 0 Å². The summed E-state index contributed by atoms with van der Waals surface area (Å²) < 4.78 is 0. The van der Waals surface area contributed by atoms with Gasteiger partial charge in [-0.25, -0.2) is 0 Å². The van der Waals surface area contributed by atoms with Gasteiger partial charge in [0.1, 0.15) is 0 Å². The molecule has 4 bridgehead atoms. The molecule has 4 unspecified atom stereocenters. The zero-order valence-electron chi connectivity index (χ0n) is 16.4. The Labute approximate surface area is 152 Å². The predicted octanol–water partition coefficient (Wildman–Crippen LogP) is 3.04. The molecule has 4 aliphatic carbocycles. The van der Waals surface area contributed by atoms with E-state index >= 15 is 0 Å². The van der Waals surface area contributed by atoms with Crippen LogP contribution in [0.1, 0.15) is 72.1 Å². The molecule has 0 radical (unpaired) electrons. The van der Waals surface area contributed by atoms with Crippen molar-refractivity contribution in [2.45, 2.75) is 83.8 Å². The molecule has 4 saturated carbocycles. The summed E-state index contributed by atoms with van der Waals surface area (Å²) in [6.45, 7) is 10.6. The highest BCUT2D eigenvalue weighted by atomic mass is 16.3. The molecule has 4 heteroatoms. The van der Waals surface area contributed by atoms with Gasteiger partial charge in [0.25, 0.3) is 0 Å². The molecule has 4 atom stereocenters. The maximum absolute atomic E-state index is 13.7. The lowest BCUT2D eigenvalue weighted by Gasteiger charge is -2.64. The topological polar surface area (TPSA) is 43.8 Å². The average molecular weight is 349 g/mol. The van der Waals surface area contributed by atoms with Gasteiger partial charge in [-0.05, 0) is 70.1 Å². The van der Waals surface area contributed by atoms with Crippen LogP contribution in [-0.2, 0) is 4.79 Å². The van der Waals surface area contributed by atoms with Crippen molar-refractivity contribution in [2.75, 3.05) is 26.2 Å². The summed E-state index contributed by atoms with van der Waals surface area (Å²) in [5.74, 6) is 0.933. The predicted molar refractivity (Wildman–Crippen MR) is 99.2 cm³/mol. The molecule has 5 fully saturated rings. The van der Waals surface area contributed by atoms with Gasteiger partial charge in [-0.2, -0.15) is 0 Å². The molecule has 4 nitrogen and oxygen atoms in total. The van der Waals surface area contributed by atoms with Crippen molar-refractivity contribution in [3.63, 3.8) is 0 Å². The minimum Gasteiger partial charge on any atom is -0.390 e. The number of carbonyl (C=O) groups is 1. The Balaban J connectivity index is 1.55. The Bertz CT molecular complexity index is 550. The zero-order chi connectivity index (χ0) is 17.9. The fraction of sp³-hybridized carbons (Fsp3) is 0.952. The average Bonchev–Trinajstić information content (AvgIpc) is 2.78. The fourth-order valence-electron chi connectivity index (χ4n) is 7.21. The number of aliphatic hydroxyl groups is 1. The van der Waals surface area contributed by atoms with Crippen LogP contribution in [0.2, 0.25) is 0 Å². The zero-order valence-corrected chi connectivity index (χ0v) is 16.4. The molecule has 0 aromatic heterocycles. The van der Waals surface area contributed by atoms with Crippen LogP contribution in [0.15, 0.2) is 0 Å². The van der Waals surface area contributed by atoms with E-state index in [0.29, 0.717) is 17.9 Å². The number of nitrogens with zero attached hydrogens (tertiary/aromatic N) is 2. The molecule has 1 N–H and O–H groups in total. The first kappa shape index (κ1) is 17.8. The number of rotatable bonds is 3. The second-order valence-corrected chi connectivity index (χ2v) is 10.1. The molecule has 5 rings (SSSR count). The molecule has 0 aromatic rings. The summed E-state index contributed by atoms with van der Waals surface area (Å²) in [5, 5.41) is 11.2. The summed E-state index contributed by atoms with van der Waals surface area (Å²) in [5.41, 5.74) is -0.613. The highest BCUT2D eigenvalue weighted by Crippen LogP contribution is 2.68. The Kier molecular flexibility index (Phi) is 4.23.